The summed E-state index contributed by atoms with van der Waals surface area (Å²) in [7, 11) is 0. The van der Waals surface area contributed by atoms with E-state index in [0.29, 0.717) is 16.1 Å². The van der Waals surface area contributed by atoms with Crippen molar-refractivity contribution in [1.82, 2.24) is 0 Å². The van der Waals surface area contributed by atoms with E-state index in [0.717, 1.165) is 0 Å². The summed E-state index contributed by atoms with van der Waals surface area (Å²) in [5, 5.41) is 9.29. The molecule has 0 radical (unpaired) electrons. The number of benzene rings is 1. The molecule has 1 rings (SSSR count). The number of hydrogen-bond donors (Lipinski definition) is 1. The van der Waals surface area contributed by atoms with Crippen LogP contribution in [0.4, 0.5) is 0 Å². The second kappa shape index (κ2) is 4.91. The van der Waals surface area contributed by atoms with Gasteiger partial charge in [-0.1, -0.05) is 39.7 Å². The monoisotopic (exact) mass is 276 g/mol. The number of hydrogen-bond acceptors (Lipinski definition) is 2. The molecule has 0 bridgehead atoms. The number of aliphatic hydroxyl groups excluding tert-OH is 1. The van der Waals surface area contributed by atoms with E-state index < -0.39 is 0 Å². The highest BCUT2D eigenvalue weighted by molar-refractivity contribution is 9.10. The van der Waals surface area contributed by atoms with E-state index in [1.807, 2.05) is 0 Å². The first-order valence-electron chi connectivity index (χ1n) is 4.14. The van der Waals surface area contributed by atoms with E-state index in [1.54, 1.807) is 25.1 Å². The number of carbonyl (C=O) groups excluding carboxylic acids is 1. The number of ketones is 1. The zero-order chi connectivity index (χ0) is 10.7. The van der Waals surface area contributed by atoms with Crippen molar-refractivity contribution in [2.24, 2.45) is 0 Å². The SMILES string of the molecule is CC(Br)C(=O)c1cccc(CO)c1Cl. The fourth-order valence-electron chi connectivity index (χ4n) is 1.11. The van der Waals surface area contributed by atoms with Crippen molar-refractivity contribution in [3.63, 3.8) is 0 Å². The molecule has 2 nitrogen and oxygen atoms in total. The smallest absolute Gasteiger partial charge is 0.177 e. The van der Waals surface area contributed by atoms with E-state index in [1.165, 1.54) is 0 Å². The third-order valence-corrected chi connectivity index (χ3v) is 2.74. The van der Waals surface area contributed by atoms with E-state index in [9.17, 15) is 4.79 Å². The van der Waals surface area contributed by atoms with E-state index in [4.69, 9.17) is 16.7 Å². The molecule has 14 heavy (non-hydrogen) atoms. The minimum atomic E-state index is -0.269. The van der Waals surface area contributed by atoms with Crippen molar-refractivity contribution in [2.75, 3.05) is 0 Å². The summed E-state index contributed by atoms with van der Waals surface area (Å²) < 4.78 is 0. The number of halogens is 2. The van der Waals surface area contributed by atoms with Crippen LogP contribution < -0.4 is 0 Å². The lowest BCUT2D eigenvalue weighted by Gasteiger charge is -2.07. The Morgan fingerprint density at radius 1 is 1.64 bits per heavy atom. The maximum absolute atomic E-state index is 11.6. The fraction of sp³-hybridized carbons (Fsp3) is 0.300. The van der Waals surface area contributed by atoms with E-state index in [-0.39, 0.29) is 17.2 Å². The van der Waals surface area contributed by atoms with Gasteiger partial charge in [-0.2, -0.15) is 0 Å². The molecule has 76 valence electrons. The minimum Gasteiger partial charge on any atom is -0.392 e. The van der Waals surface area contributed by atoms with Crippen LogP contribution in [0.2, 0.25) is 5.02 Å². The molecule has 0 aliphatic rings. The van der Waals surface area contributed by atoms with Crippen LogP contribution in [-0.4, -0.2) is 15.7 Å². The second-order valence-electron chi connectivity index (χ2n) is 2.92. The molecule has 0 heterocycles. The summed E-state index contributed by atoms with van der Waals surface area (Å²) in [6, 6.07) is 5.06. The topological polar surface area (TPSA) is 37.3 Å². The lowest BCUT2D eigenvalue weighted by molar-refractivity contribution is 0.0996. The van der Waals surface area contributed by atoms with Crippen LogP contribution in [0.5, 0.6) is 0 Å². The van der Waals surface area contributed by atoms with Gasteiger partial charge in [0.05, 0.1) is 16.5 Å². The molecule has 0 saturated heterocycles. The Kier molecular flexibility index (Phi) is 4.11. The van der Waals surface area contributed by atoms with Gasteiger partial charge in [0, 0.05) is 5.56 Å². The molecule has 1 aromatic rings. The van der Waals surface area contributed by atoms with Gasteiger partial charge in [0.15, 0.2) is 5.78 Å². The first kappa shape index (κ1) is 11.7. The Balaban J connectivity index is 3.16. The number of aliphatic hydroxyl groups is 1. The Hall–Kier alpha value is -0.380. The van der Waals surface area contributed by atoms with Gasteiger partial charge in [-0.3, -0.25) is 4.79 Å². The zero-order valence-corrected chi connectivity index (χ0v) is 9.97. The summed E-state index contributed by atoms with van der Waals surface area (Å²) in [6.07, 6.45) is 0. The standard InChI is InChI=1S/C10H10BrClO2/c1-6(11)10(14)8-4-2-3-7(5-13)9(8)12/h2-4,6,13H,5H2,1H3. The fourth-order valence-corrected chi connectivity index (χ4v) is 1.63. The van der Waals surface area contributed by atoms with Crippen LogP contribution in [0, 0.1) is 0 Å². The molecule has 0 spiro atoms. The number of carbonyl (C=O) groups is 1. The Morgan fingerprint density at radius 3 is 2.79 bits per heavy atom. The van der Waals surface area contributed by atoms with Gasteiger partial charge in [-0.25, -0.2) is 0 Å². The third kappa shape index (κ3) is 2.35. The first-order chi connectivity index (χ1) is 6.57. The number of Topliss-reactive ketones (excluding diaryl/α,β-unsaturated/α-hetero) is 1. The van der Waals surface area contributed by atoms with E-state index in [2.05, 4.69) is 15.9 Å². The maximum atomic E-state index is 11.6. The highest BCUT2D eigenvalue weighted by atomic mass is 79.9. The van der Waals surface area contributed by atoms with Crippen molar-refractivity contribution in [3.05, 3.63) is 34.3 Å². The average molecular weight is 278 g/mol. The van der Waals surface area contributed by atoms with Crippen molar-refractivity contribution in [2.45, 2.75) is 18.4 Å². The summed E-state index contributed by atoms with van der Waals surface area (Å²) in [4.78, 5) is 11.4. The van der Waals surface area contributed by atoms with Crippen molar-refractivity contribution >= 4 is 33.3 Å². The highest BCUT2D eigenvalue weighted by Gasteiger charge is 2.16. The second-order valence-corrected chi connectivity index (χ2v) is 4.67. The Bertz CT molecular complexity index is 350. The quantitative estimate of drug-likeness (QED) is 0.681. The molecular formula is C10H10BrClO2. The summed E-state index contributed by atoms with van der Waals surface area (Å²) >= 11 is 9.13. The zero-order valence-electron chi connectivity index (χ0n) is 7.63. The van der Waals surface area contributed by atoms with Gasteiger partial charge in [0.2, 0.25) is 0 Å². The number of alkyl halides is 1. The lowest BCUT2D eigenvalue weighted by Crippen LogP contribution is -2.11. The normalized spacial score (nSPS) is 12.6. The number of rotatable bonds is 3. The van der Waals surface area contributed by atoms with Crippen LogP contribution >= 0.6 is 27.5 Å². The van der Waals surface area contributed by atoms with Crippen LogP contribution in [0.15, 0.2) is 18.2 Å². The summed E-state index contributed by atoms with van der Waals surface area (Å²) in [6.45, 7) is 1.58. The lowest BCUT2D eigenvalue weighted by atomic mass is 10.1. The summed E-state index contributed by atoms with van der Waals surface area (Å²) in [5.41, 5.74) is 1.02. The van der Waals surface area contributed by atoms with Crippen LogP contribution in [-0.2, 0) is 6.61 Å². The maximum Gasteiger partial charge on any atom is 0.177 e. The third-order valence-electron chi connectivity index (χ3n) is 1.88. The van der Waals surface area contributed by atoms with Crippen molar-refractivity contribution in [3.8, 4) is 0 Å². The van der Waals surface area contributed by atoms with Crippen LogP contribution in [0.1, 0.15) is 22.8 Å². The van der Waals surface area contributed by atoms with Crippen LogP contribution in [0.3, 0.4) is 0 Å². The molecule has 0 fully saturated rings. The minimum absolute atomic E-state index is 0.0784. The van der Waals surface area contributed by atoms with Gasteiger partial charge in [0.1, 0.15) is 0 Å². The predicted molar refractivity (Wildman–Crippen MR) is 60.1 cm³/mol. The van der Waals surface area contributed by atoms with Crippen molar-refractivity contribution in [1.29, 1.82) is 0 Å². The Labute approximate surface area is 96.0 Å². The van der Waals surface area contributed by atoms with Crippen molar-refractivity contribution < 1.29 is 9.90 Å². The molecule has 0 saturated carbocycles. The van der Waals surface area contributed by atoms with Gasteiger partial charge in [-0.05, 0) is 18.6 Å². The van der Waals surface area contributed by atoms with Gasteiger partial charge >= 0.3 is 0 Å². The molecule has 0 aliphatic carbocycles. The van der Waals surface area contributed by atoms with Gasteiger partial charge in [-0.15, -0.1) is 0 Å². The molecule has 1 atom stereocenters. The molecule has 1 aromatic carbocycles. The van der Waals surface area contributed by atoms with Crippen LogP contribution in [0.25, 0.3) is 0 Å². The largest absolute Gasteiger partial charge is 0.392 e. The average Bonchev–Trinajstić information content (AvgIpc) is 2.17. The van der Waals surface area contributed by atoms with E-state index >= 15 is 0 Å². The molecule has 4 heteroatoms. The predicted octanol–water partition coefficient (Wildman–Crippen LogP) is 2.80. The summed E-state index contributed by atoms with van der Waals surface area (Å²) in [5.74, 6) is -0.0784. The van der Waals surface area contributed by atoms with Gasteiger partial charge in [0.25, 0.3) is 0 Å². The van der Waals surface area contributed by atoms with Gasteiger partial charge < -0.3 is 5.11 Å². The Morgan fingerprint density at radius 2 is 2.29 bits per heavy atom. The molecule has 1 N–H and O–H groups in total. The molecule has 0 aliphatic heterocycles. The molecule has 0 aromatic heterocycles. The molecular weight excluding hydrogens is 267 g/mol. The highest BCUT2D eigenvalue weighted by Crippen LogP contribution is 2.23. The molecule has 0 amide bonds. The molecule has 1 unspecified atom stereocenters. The first-order valence-corrected chi connectivity index (χ1v) is 5.43.